The number of hydrogen-bond donors (Lipinski definition) is 1. The summed E-state index contributed by atoms with van der Waals surface area (Å²) in [6, 6.07) is 4.49. The maximum atomic E-state index is 13.5. The van der Waals surface area contributed by atoms with Crippen LogP contribution in [0.2, 0.25) is 0 Å². The summed E-state index contributed by atoms with van der Waals surface area (Å²) in [7, 11) is 0. The monoisotopic (exact) mass is 237 g/mol. The predicted octanol–water partition coefficient (Wildman–Crippen LogP) is 2.96. The van der Waals surface area contributed by atoms with E-state index in [-0.39, 0.29) is 17.6 Å². The van der Waals surface area contributed by atoms with Gasteiger partial charge in [0, 0.05) is 17.7 Å². The van der Waals surface area contributed by atoms with E-state index in [9.17, 15) is 9.18 Å². The molecule has 1 fully saturated rings. The Morgan fingerprint density at radius 1 is 1.53 bits per heavy atom. The van der Waals surface area contributed by atoms with Crippen molar-refractivity contribution in [2.75, 3.05) is 11.9 Å². The minimum Gasteiger partial charge on any atom is -0.491 e. The Balaban J connectivity index is 2.01. The van der Waals surface area contributed by atoms with Gasteiger partial charge in [-0.05, 0) is 31.9 Å². The smallest absolute Gasteiger partial charge is 0.227 e. The molecular formula is C13H16FNO2. The largest absolute Gasteiger partial charge is 0.491 e. The predicted molar refractivity (Wildman–Crippen MR) is 63.5 cm³/mol. The van der Waals surface area contributed by atoms with Gasteiger partial charge in [0.25, 0.3) is 0 Å². The fourth-order valence-corrected chi connectivity index (χ4v) is 1.77. The van der Waals surface area contributed by atoms with Crippen molar-refractivity contribution in [3.05, 3.63) is 24.0 Å². The second-order valence-electron chi connectivity index (χ2n) is 4.20. The lowest BCUT2D eigenvalue weighted by Gasteiger charge is -2.24. The number of ether oxygens (including phenoxy) is 1. The molecule has 1 N–H and O–H groups in total. The van der Waals surface area contributed by atoms with Crippen molar-refractivity contribution >= 4 is 11.6 Å². The van der Waals surface area contributed by atoms with E-state index in [2.05, 4.69) is 5.32 Å². The van der Waals surface area contributed by atoms with Gasteiger partial charge in [0.05, 0.1) is 6.61 Å². The number of benzene rings is 1. The number of halogens is 1. The Kier molecular flexibility index (Phi) is 3.61. The zero-order chi connectivity index (χ0) is 12.3. The normalized spacial score (nSPS) is 15.2. The lowest BCUT2D eigenvalue weighted by molar-refractivity contribution is -0.122. The lowest BCUT2D eigenvalue weighted by Crippen LogP contribution is -2.28. The van der Waals surface area contributed by atoms with Crippen LogP contribution in [0.5, 0.6) is 5.75 Å². The molecule has 0 aromatic heterocycles. The molecule has 1 saturated carbocycles. The van der Waals surface area contributed by atoms with Gasteiger partial charge in [-0.25, -0.2) is 4.39 Å². The molecule has 0 unspecified atom stereocenters. The maximum absolute atomic E-state index is 13.5. The summed E-state index contributed by atoms with van der Waals surface area (Å²) in [5, 5.41) is 2.72. The molecule has 0 radical (unpaired) electrons. The molecule has 4 heteroatoms. The number of carbonyl (C=O) groups excluding carboxylic acids is 1. The Bertz CT molecular complexity index is 416. The van der Waals surface area contributed by atoms with Gasteiger partial charge in [-0.3, -0.25) is 4.79 Å². The molecule has 0 heterocycles. The van der Waals surface area contributed by atoms with Crippen LogP contribution in [0.3, 0.4) is 0 Å². The molecule has 2 rings (SSSR count). The van der Waals surface area contributed by atoms with Crippen molar-refractivity contribution < 1.29 is 13.9 Å². The van der Waals surface area contributed by atoms with Crippen molar-refractivity contribution in [2.24, 2.45) is 5.92 Å². The molecule has 0 spiro atoms. The third-order valence-corrected chi connectivity index (χ3v) is 2.98. The fraction of sp³-hybridized carbons (Fsp3) is 0.462. The van der Waals surface area contributed by atoms with Crippen molar-refractivity contribution in [1.82, 2.24) is 0 Å². The average molecular weight is 237 g/mol. The highest BCUT2D eigenvalue weighted by atomic mass is 19.1. The topological polar surface area (TPSA) is 38.3 Å². The zero-order valence-electron chi connectivity index (χ0n) is 9.83. The van der Waals surface area contributed by atoms with Crippen molar-refractivity contribution in [2.45, 2.75) is 26.2 Å². The first kappa shape index (κ1) is 11.9. The van der Waals surface area contributed by atoms with E-state index < -0.39 is 5.82 Å². The first-order chi connectivity index (χ1) is 8.20. The number of anilines is 1. The molecule has 3 nitrogen and oxygen atoms in total. The molecular weight excluding hydrogens is 221 g/mol. The zero-order valence-corrected chi connectivity index (χ0v) is 9.83. The van der Waals surface area contributed by atoms with Gasteiger partial charge < -0.3 is 10.1 Å². The number of nitrogens with one attached hydrogen (secondary N) is 1. The molecule has 92 valence electrons. The molecule has 0 atom stereocenters. The molecule has 0 saturated heterocycles. The molecule has 0 aliphatic heterocycles. The standard InChI is InChI=1S/C13H16FNO2/c1-2-17-12-7-6-10(8-11(12)14)15-13(16)9-4-3-5-9/h6-9H,2-5H2,1H3,(H,15,16). The van der Waals surface area contributed by atoms with Gasteiger partial charge in [-0.1, -0.05) is 6.42 Å². The molecule has 1 aliphatic rings. The first-order valence-electron chi connectivity index (χ1n) is 5.94. The number of amides is 1. The first-order valence-corrected chi connectivity index (χ1v) is 5.94. The van der Waals surface area contributed by atoms with Crippen LogP contribution in [0, 0.1) is 11.7 Å². The summed E-state index contributed by atoms with van der Waals surface area (Å²) < 4.78 is 18.6. The average Bonchev–Trinajstić information content (AvgIpc) is 2.19. The van der Waals surface area contributed by atoms with Crippen LogP contribution < -0.4 is 10.1 Å². The summed E-state index contributed by atoms with van der Waals surface area (Å²) in [6.07, 6.45) is 2.98. The van der Waals surface area contributed by atoms with Crippen LogP contribution in [0.1, 0.15) is 26.2 Å². The quantitative estimate of drug-likeness (QED) is 0.874. The van der Waals surface area contributed by atoms with Crippen LogP contribution in [-0.4, -0.2) is 12.5 Å². The minimum atomic E-state index is -0.446. The van der Waals surface area contributed by atoms with Gasteiger partial charge >= 0.3 is 0 Å². The maximum Gasteiger partial charge on any atom is 0.227 e. The molecule has 1 aliphatic carbocycles. The SMILES string of the molecule is CCOc1ccc(NC(=O)C2CCC2)cc1F. The molecule has 1 aromatic carbocycles. The van der Waals surface area contributed by atoms with E-state index in [1.165, 1.54) is 12.1 Å². The number of rotatable bonds is 4. The van der Waals surface area contributed by atoms with Crippen molar-refractivity contribution in [3.63, 3.8) is 0 Å². The van der Waals surface area contributed by atoms with Gasteiger partial charge in [-0.15, -0.1) is 0 Å². The summed E-state index contributed by atoms with van der Waals surface area (Å²) in [6.45, 7) is 2.22. The van der Waals surface area contributed by atoms with Crippen molar-refractivity contribution in [1.29, 1.82) is 0 Å². The van der Waals surface area contributed by atoms with Gasteiger partial charge in [-0.2, -0.15) is 0 Å². The minimum absolute atomic E-state index is 0.0141. The molecule has 17 heavy (non-hydrogen) atoms. The molecule has 0 bridgehead atoms. The number of hydrogen-bond acceptors (Lipinski definition) is 2. The van der Waals surface area contributed by atoms with Crippen LogP contribution in [0.4, 0.5) is 10.1 Å². The van der Waals surface area contributed by atoms with Gasteiger partial charge in [0.15, 0.2) is 11.6 Å². The van der Waals surface area contributed by atoms with E-state index >= 15 is 0 Å². The van der Waals surface area contributed by atoms with E-state index in [1.54, 1.807) is 13.0 Å². The Morgan fingerprint density at radius 2 is 2.29 bits per heavy atom. The summed E-state index contributed by atoms with van der Waals surface area (Å²) in [4.78, 5) is 11.7. The van der Waals surface area contributed by atoms with Crippen LogP contribution in [-0.2, 0) is 4.79 Å². The summed E-state index contributed by atoms with van der Waals surface area (Å²) >= 11 is 0. The molecule has 1 amide bonds. The Labute approximate surface area is 100.0 Å². The van der Waals surface area contributed by atoms with E-state index in [4.69, 9.17) is 4.74 Å². The van der Waals surface area contributed by atoms with Crippen LogP contribution in [0.15, 0.2) is 18.2 Å². The van der Waals surface area contributed by atoms with E-state index in [1.807, 2.05) is 0 Å². The van der Waals surface area contributed by atoms with E-state index in [0.29, 0.717) is 12.3 Å². The number of carbonyl (C=O) groups is 1. The third-order valence-electron chi connectivity index (χ3n) is 2.98. The highest BCUT2D eigenvalue weighted by Crippen LogP contribution is 2.28. The third kappa shape index (κ3) is 2.75. The van der Waals surface area contributed by atoms with Gasteiger partial charge in [0.2, 0.25) is 5.91 Å². The van der Waals surface area contributed by atoms with Crippen LogP contribution >= 0.6 is 0 Å². The fourth-order valence-electron chi connectivity index (χ4n) is 1.77. The highest BCUT2D eigenvalue weighted by Gasteiger charge is 2.25. The Hall–Kier alpha value is -1.58. The summed E-state index contributed by atoms with van der Waals surface area (Å²) in [5.41, 5.74) is 0.489. The highest BCUT2D eigenvalue weighted by molar-refractivity contribution is 5.93. The van der Waals surface area contributed by atoms with Gasteiger partial charge in [0.1, 0.15) is 0 Å². The Morgan fingerprint density at radius 3 is 2.82 bits per heavy atom. The van der Waals surface area contributed by atoms with Crippen LogP contribution in [0.25, 0.3) is 0 Å². The second-order valence-corrected chi connectivity index (χ2v) is 4.20. The summed E-state index contributed by atoms with van der Waals surface area (Å²) in [5.74, 6) is -0.142. The van der Waals surface area contributed by atoms with E-state index in [0.717, 1.165) is 19.3 Å². The molecule has 1 aromatic rings. The lowest BCUT2D eigenvalue weighted by atomic mass is 9.85. The second kappa shape index (κ2) is 5.17. The van der Waals surface area contributed by atoms with Crippen molar-refractivity contribution in [3.8, 4) is 5.75 Å².